The lowest BCUT2D eigenvalue weighted by Gasteiger charge is -2.38. The van der Waals surface area contributed by atoms with Gasteiger partial charge in [0.2, 0.25) is 5.95 Å². The van der Waals surface area contributed by atoms with E-state index in [1.807, 2.05) is 19.9 Å². The fraction of sp³-hybridized carbons (Fsp3) is 0.567. The van der Waals surface area contributed by atoms with Gasteiger partial charge in [-0.25, -0.2) is 13.8 Å². The first-order valence-electron chi connectivity index (χ1n) is 14.3. The van der Waals surface area contributed by atoms with Crippen LogP contribution in [0.4, 0.5) is 20.5 Å². The minimum absolute atomic E-state index is 0.337. The Hall–Kier alpha value is -3.33. The summed E-state index contributed by atoms with van der Waals surface area (Å²) in [7, 11) is 0. The molecule has 1 aliphatic heterocycles. The van der Waals surface area contributed by atoms with Crippen molar-refractivity contribution in [2.45, 2.75) is 57.6 Å². The Morgan fingerprint density at radius 3 is 2.51 bits per heavy atom. The van der Waals surface area contributed by atoms with Crippen LogP contribution in [0.25, 0.3) is 16.9 Å². The van der Waals surface area contributed by atoms with E-state index >= 15 is 0 Å². The summed E-state index contributed by atoms with van der Waals surface area (Å²) < 4.78 is 35.2. The van der Waals surface area contributed by atoms with Crippen molar-refractivity contribution in [1.82, 2.24) is 24.4 Å². The average molecular weight is 568 g/mol. The zero-order chi connectivity index (χ0) is 29.0. The highest BCUT2D eigenvalue weighted by Gasteiger charge is 2.29. The smallest absolute Gasteiger partial charge is 0.296 e. The number of alkyl halides is 2. The SMILES string of the molecule is C#CCN(CC(C)(C)O)C1CCC(CNc2nc(N3CCOCC3)cc(-n3c(C(F)F)nc4ccccc43)n2)CC1. The summed E-state index contributed by atoms with van der Waals surface area (Å²) in [6, 6.07) is 9.18. The molecule has 0 radical (unpaired) electrons. The molecular formula is C30H39F2N7O2. The zero-order valence-corrected chi connectivity index (χ0v) is 23.8. The molecule has 9 nitrogen and oxygen atoms in total. The summed E-state index contributed by atoms with van der Waals surface area (Å²) in [6.45, 7) is 7.81. The van der Waals surface area contributed by atoms with E-state index in [9.17, 15) is 13.9 Å². The molecule has 2 fully saturated rings. The van der Waals surface area contributed by atoms with Gasteiger partial charge in [-0.15, -0.1) is 6.42 Å². The number of nitrogens with zero attached hydrogens (tertiary/aromatic N) is 6. The highest BCUT2D eigenvalue weighted by molar-refractivity contribution is 5.78. The van der Waals surface area contributed by atoms with Crippen molar-refractivity contribution in [1.29, 1.82) is 0 Å². The summed E-state index contributed by atoms with van der Waals surface area (Å²) in [5.41, 5.74) is 0.255. The van der Waals surface area contributed by atoms with Crippen molar-refractivity contribution in [3.63, 3.8) is 0 Å². The van der Waals surface area contributed by atoms with Crippen LogP contribution < -0.4 is 10.2 Å². The number of imidazole rings is 1. The van der Waals surface area contributed by atoms with Crippen molar-refractivity contribution in [3.8, 4) is 18.2 Å². The lowest BCUT2D eigenvalue weighted by atomic mass is 9.85. The van der Waals surface area contributed by atoms with E-state index in [4.69, 9.17) is 21.1 Å². The predicted octanol–water partition coefficient (Wildman–Crippen LogP) is 4.27. The minimum atomic E-state index is -2.76. The maximum absolute atomic E-state index is 14.1. The van der Waals surface area contributed by atoms with Gasteiger partial charge in [0.1, 0.15) is 11.6 Å². The molecule has 0 atom stereocenters. The standard InChI is InChI=1S/C30H39F2N7O2/c1-4-13-38(20-30(2,3)40)22-11-9-21(10-12-22)19-33-29-35-25(37-14-16-41-17-15-37)18-26(36-29)39-24-8-6-5-7-23(24)34-28(39)27(31)32/h1,5-8,18,21-22,27,40H,9-17,19-20H2,2-3H3,(H,33,35,36). The van der Waals surface area contributed by atoms with Crippen LogP contribution in [-0.2, 0) is 4.74 Å². The van der Waals surface area contributed by atoms with E-state index < -0.39 is 12.0 Å². The molecule has 0 unspecified atom stereocenters. The summed E-state index contributed by atoms with van der Waals surface area (Å²) in [5, 5.41) is 13.7. The number of hydrogen-bond donors (Lipinski definition) is 2. The van der Waals surface area contributed by atoms with Crippen LogP contribution in [0.2, 0.25) is 0 Å². The third-order valence-corrected chi connectivity index (χ3v) is 7.81. The fourth-order valence-electron chi connectivity index (χ4n) is 5.88. The van der Waals surface area contributed by atoms with Crippen LogP contribution in [0.5, 0.6) is 0 Å². The lowest BCUT2D eigenvalue weighted by Crippen LogP contribution is -2.46. The number of aromatic nitrogens is 4. The van der Waals surface area contributed by atoms with Crippen molar-refractivity contribution < 1.29 is 18.6 Å². The van der Waals surface area contributed by atoms with Crippen molar-refractivity contribution in [2.24, 2.45) is 5.92 Å². The number of anilines is 2. The minimum Gasteiger partial charge on any atom is -0.389 e. The van der Waals surface area contributed by atoms with Crippen LogP contribution in [0.3, 0.4) is 0 Å². The number of benzene rings is 1. The largest absolute Gasteiger partial charge is 0.389 e. The molecule has 5 rings (SSSR count). The fourth-order valence-corrected chi connectivity index (χ4v) is 5.88. The monoisotopic (exact) mass is 567 g/mol. The number of ether oxygens (including phenoxy) is 1. The molecule has 2 aromatic heterocycles. The van der Waals surface area contributed by atoms with Crippen molar-refractivity contribution in [3.05, 3.63) is 36.2 Å². The Balaban J connectivity index is 1.35. The van der Waals surface area contributed by atoms with Gasteiger partial charge in [0.05, 0.1) is 36.4 Å². The highest BCUT2D eigenvalue weighted by Crippen LogP contribution is 2.31. The number of fused-ring (bicyclic) bond motifs is 1. The van der Waals surface area contributed by atoms with Gasteiger partial charge in [0, 0.05) is 38.3 Å². The van der Waals surface area contributed by atoms with E-state index in [1.165, 1.54) is 4.57 Å². The number of rotatable bonds is 10. The van der Waals surface area contributed by atoms with E-state index in [1.54, 1.807) is 24.3 Å². The summed E-state index contributed by atoms with van der Waals surface area (Å²) in [5.74, 6) is 4.23. The number of hydrogen-bond acceptors (Lipinski definition) is 8. The first-order valence-corrected chi connectivity index (χ1v) is 14.3. The average Bonchev–Trinajstić information content (AvgIpc) is 3.36. The van der Waals surface area contributed by atoms with Gasteiger partial charge in [-0.3, -0.25) is 9.47 Å². The second kappa shape index (κ2) is 12.7. The van der Waals surface area contributed by atoms with Gasteiger partial charge in [-0.1, -0.05) is 18.1 Å². The van der Waals surface area contributed by atoms with Gasteiger partial charge in [0.15, 0.2) is 5.82 Å². The predicted molar refractivity (Wildman–Crippen MR) is 156 cm³/mol. The first kappa shape index (κ1) is 29.2. The molecule has 2 aliphatic rings. The lowest BCUT2D eigenvalue weighted by molar-refractivity contribution is 0.0171. The number of aliphatic hydroxyl groups is 1. The Morgan fingerprint density at radius 1 is 1.12 bits per heavy atom. The van der Waals surface area contributed by atoms with E-state index in [0.29, 0.717) is 86.5 Å². The second-order valence-electron chi connectivity index (χ2n) is 11.6. The topological polar surface area (TPSA) is 91.6 Å². The molecule has 1 saturated carbocycles. The molecule has 1 saturated heterocycles. The molecule has 11 heteroatoms. The second-order valence-corrected chi connectivity index (χ2v) is 11.6. The normalized spacial score (nSPS) is 20.1. The van der Waals surface area contributed by atoms with Crippen molar-refractivity contribution in [2.75, 3.05) is 56.2 Å². The van der Waals surface area contributed by atoms with Crippen LogP contribution >= 0.6 is 0 Å². The first-order chi connectivity index (χ1) is 19.7. The number of nitrogens with one attached hydrogen (secondary N) is 1. The molecule has 41 heavy (non-hydrogen) atoms. The third kappa shape index (κ3) is 7.12. The molecule has 2 N–H and O–H groups in total. The summed E-state index contributed by atoms with van der Waals surface area (Å²) in [6.07, 6.45) is 6.83. The molecule has 0 bridgehead atoms. The maximum atomic E-state index is 14.1. The van der Waals surface area contributed by atoms with Crippen molar-refractivity contribution >= 4 is 22.8 Å². The molecule has 1 aliphatic carbocycles. The number of terminal acetylenes is 1. The quantitative estimate of drug-likeness (QED) is 0.351. The molecule has 220 valence electrons. The molecular weight excluding hydrogens is 528 g/mol. The molecule has 0 spiro atoms. The van der Waals surface area contributed by atoms with Gasteiger partial charge >= 0.3 is 0 Å². The van der Waals surface area contributed by atoms with Gasteiger partial charge in [-0.2, -0.15) is 9.97 Å². The van der Waals surface area contributed by atoms with Crippen LogP contribution in [-0.4, -0.2) is 87.1 Å². The Kier molecular flexibility index (Phi) is 9.02. The molecule has 0 amide bonds. The Labute approximate surface area is 239 Å². The summed E-state index contributed by atoms with van der Waals surface area (Å²) in [4.78, 5) is 18.0. The third-order valence-electron chi connectivity index (χ3n) is 7.81. The Morgan fingerprint density at radius 2 is 1.83 bits per heavy atom. The highest BCUT2D eigenvalue weighted by atomic mass is 19.3. The van der Waals surface area contributed by atoms with Gasteiger partial charge in [-0.05, 0) is 57.6 Å². The molecule has 1 aromatic carbocycles. The van der Waals surface area contributed by atoms with E-state index in [0.717, 1.165) is 25.7 Å². The van der Waals surface area contributed by atoms with Gasteiger partial charge < -0.3 is 20.1 Å². The van der Waals surface area contributed by atoms with Crippen LogP contribution in [0.1, 0.15) is 51.8 Å². The number of halogens is 2. The Bertz CT molecular complexity index is 1350. The van der Waals surface area contributed by atoms with Crippen LogP contribution in [0, 0.1) is 18.3 Å². The summed E-state index contributed by atoms with van der Waals surface area (Å²) >= 11 is 0. The number of morpholine rings is 1. The molecule has 3 heterocycles. The van der Waals surface area contributed by atoms with Gasteiger partial charge in [0.25, 0.3) is 6.43 Å². The van der Waals surface area contributed by atoms with Crippen LogP contribution in [0.15, 0.2) is 30.3 Å². The van der Waals surface area contributed by atoms with E-state index in [2.05, 4.69) is 26.0 Å². The zero-order valence-electron chi connectivity index (χ0n) is 23.8. The maximum Gasteiger partial charge on any atom is 0.296 e. The number of para-hydroxylation sites is 2. The molecule has 3 aromatic rings. The van der Waals surface area contributed by atoms with E-state index in [-0.39, 0.29) is 5.82 Å².